The summed E-state index contributed by atoms with van der Waals surface area (Å²) in [4.78, 5) is 15.0. The average molecular weight is 545 g/mol. The zero-order valence-electron chi connectivity index (χ0n) is 22.8. The Morgan fingerprint density at radius 2 is 1.87 bits per heavy atom. The van der Waals surface area contributed by atoms with E-state index >= 15 is 0 Å². The molecule has 0 spiro atoms. The first-order valence-corrected chi connectivity index (χ1v) is 14.9. The van der Waals surface area contributed by atoms with E-state index in [0.29, 0.717) is 12.3 Å². The fourth-order valence-corrected chi connectivity index (χ4v) is 7.27. The normalized spacial score (nSPS) is 22.9. The summed E-state index contributed by atoms with van der Waals surface area (Å²) >= 11 is 0. The van der Waals surface area contributed by atoms with Crippen LogP contribution in [0.3, 0.4) is 0 Å². The number of fused-ring (bicyclic) bond motifs is 1. The van der Waals surface area contributed by atoms with E-state index in [1.54, 1.807) is 37.1 Å². The van der Waals surface area contributed by atoms with Crippen molar-refractivity contribution in [2.45, 2.75) is 63.0 Å². The minimum atomic E-state index is -3.94. The summed E-state index contributed by atoms with van der Waals surface area (Å²) in [6.45, 7) is 3.87. The van der Waals surface area contributed by atoms with Gasteiger partial charge in [-0.05, 0) is 55.2 Å². The molecule has 1 fully saturated rings. The molecule has 0 radical (unpaired) electrons. The second-order valence-corrected chi connectivity index (χ2v) is 12.5. The lowest BCUT2D eigenvalue weighted by Gasteiger charge is -2.38. The second-order valence-electron chi connectivity index (χ2n) is 10.7. The van der Waals surface area contributed by atoms with E-state index < -0.39 is 22.2 Å². The summed E-state index contributed by atoms with van der Waals surface area (Å²) in [5.41, 5.74) is 1.66. The maximum absolute atomic E-state index is 13.8. The molecular formula is C29H40N2O6S. The van der Waals surface area contributed by atoms with Crippen LogP contribution in [0.15, 0.2) is 47.4 Å². The molecule has 1 saturated carbocycles. The van der Waals surface area contributed by atoms with Crippen molar-refractivity contribution in [2.75, 3.05) is 33.9 Å². The van der Waals surface area contributed by atoms with Crippen molar-refractivity contribution in [3.8, 4) is 22.6 Å². The number of aliphatic hydroxyl groups excluding tert-OH is 1. The molecular weight excluding hydrogens is 504 g/mol. The lowest BCUT2D eigenvalue weighted by atomic mass is 9.88. The first-order chi connectivity index (χ1) is 18.1. The quantitative estimate of drug-likeness (QED) is 0.562. The van der Waals surface area contributed by atoms with Crippen molar-refractivity contribution in [3.63, 3.8) is 0 Å². The van der Waals surface area contributed by atoms with Gasteiger partial charge in [-0.25, -0.2) is 8.42 Å². The number of amides is 1. The number of rotatable bonds is 7. The van der Waals surface area contributed by atoms with Crippen LogP contribution < -0.4 is 9.47 Å². The molecule has 0 aromatic heterocycles. The van der Waals surface area contributed by atoms with Crippen LogP contribution in [-0.4, -0.2) is 74.6 Å². The molecule has 2 aromatic carbocycles. The number of aliphatic hydroxyl groups is 1. The van der Waals surface area contributed by atoms with Gasteiger partial charge in [0.2, 0.25) is 15.9 Å². The fraction of sp³-hybridized carbons (Fsp3) is 0.552. The lowest BCUT2D eigenvalue weighted by molar-refractivity contribution is -0.136. The van der Waals surface area contributed by atoms with Crippen molar-refractivity contribution in [2.24, 2.45) is 11.8 Å². The van der Waals surface area contributed by atoms with Crippen LogP contribution in [0.2, 0.25) is 0 Å². The second kappa shape index (κ2) is 12.1. The monoisotopic (exact) mass is 544 g/mol. The molecule has 1 amide bonds. The van der Waals surface area contributed by atoms with Crippen LogP contribution in [0.5, 0.6) is 11.5 Å². The van der Waals surface area contributed by atoms with Gasteiger partial charge in [0.1, 0.15) is 22.5 Å². The number of methoxy groups -OCH3 is 1. The van der Waals surface area contributed by atoms with Gasteiger partial charge in [-0.1, -0.05) is 44.4 Å². The predicted octanol–water partition coefficient (Wildman–Crippen LogP) is 4.17. The summed E-state index contributed by atoms with van der Waals surface area (Å²) in [5, 5.41) is 9.88. The highest BCUT2D eigenvalue weighted by molar-refractivity contribution is 7.89. The Labute approximate surface area is 226 Å². The Balaban J connectivity index is 1.72. The fourth-order valence-electron chi connectivity index (χ4n) is 5.45. The minimum absolute atomic E-state index is 0.0378. The van der Waals surface area contributed by atoms with Gasteiger partial charge in [0.15, 0.2) is 0 Å². The number of carbonyl (C=O) groups excluding carboxylic acids is 1. The minimum Gasteiger partial charge on any atom is -0.497 e. The first kappa shape index (κ1) is 28.4. The largest absolute Gasteiger partial charge is 0.497 e. The predicted molar refractivity (Wildman–Crippen MR) is 147 cm³/mol. The van der Waals surface area contributed by atoms with E-state index in [1.165, 1.54) is 10.7 Å². The van der Waals surface area contributed by atoms with Gasteiger partial charge in [0.05, 0.1) is 20.3 Å². The van der Waals surface area contributed by atoms with Crippen LogP contribution in [0.1, 0.15) is 46.0 Å². The maximum Gasteiger partial charge on any atom is 0.247 e. The van der Waals surface area contributed by atoms with Gasteiger partial charge in [-0.3, -0.25) is 4.79 Å². The van der Waals surface area contributed by atoms with Gasteiger partial charge in [-0.15, -0.1) is 0 Å². The first-order valence-electron chi connectivity index (χ1n) is 13.5. The SMILES string of the molecule is COc1cccc(-c2ccc3c(c2)O[C@@H](CN(C)C(=O)C2CCCCC2)[C@@H](C)CN([C@H](C)CO)S3(=O)=O)c1. The third kappa shape index (κ3) is 6.00. The number of hydrogen-bond donors (Lipinski definition) is 1. The smallest absolute Gasteiger partial charge is 0.247 e. The van der Waals surface area contributed by atoms with Gasteiger partial charge >= 0.3 is 0 Å². The Morgan fingerprint density at radius 3 is 2.55 bits per heavy atom. The molecule has 208 valence electrons. The number of likely N-dealkylation sites (N-methyl/N-ethyl adjacent to an activating group) is 1. The van der Waals surface area contributed by atoms with Gasteiger partial charge in [-0.2, -0.15) is 4.31 Å². The molecule has 1 aliphatic carbocycles. The summed E-state index contributed by atoms with van der Waals surface area (Å²) in [7, 11) is -0.531. The third-order valence-corrected chi connectivity index (χ3v) is 9.87. The summed E-state index contributed by atoms with van der Waals surface area (Å²) in [6, 6.07) is 12.0. The number of ether oxygens (including phenoxy) is 2. The molecule has 9 heteroatoms. The number of sulfonamides is 1. The Hall–Kier alpha value is -2.62. The lowest BCUT2D eigenvalue weighted by Crippen LogP contribution is -2.50. The highest BCUT2D eigenvalue weighted by atomic mass is 32.2. The highest BCUT2D eigenvalue weighted by Crippen LogP contribution is 2.37. The van der Waals surface area contributed by atoms with E-state index in [9.17, 15) is 18.3 Å². The number of carbonyl (C=O) groups is 1. The number of hydrogen-bond acceptors (Lipinski definition) is 6. The van der Waals surface area contributed by atoms with E-state index in [4.69, 9.17) is 9.47 Å². The molecule has 8 nitrogen and oxygen atoms in total. The molecule has 1 N–H and O–H groups in total. The molecule has 1 heterocycles. The Kier molecular flexibility index (Phi) is 9.00. The van der Waals surface area contributed by atoms with Gasteiger partial charge in [0.25, 0.3) is 0 Å². The molecule has 38 heavy (non-hydrogen) atoms. The summed E-state index contributed by atoms with van der Waals surface area (Å²) in [5.74, 6) is 0.876. The van der Waals surface area contributed by atoms with Crippen molar-refractivity contribution < 1.29 is 27.8 Å². The third-order valence-electron chi connectivity index (χ3n) is 7.85. The highest BCUT2D eigenvalue weighted by Gasteiger charge is 2.39. The summed E-state index contributed by atoms with van der Waals surface area (Å²) in [6.07, 6.45) is 4.72. The van der Waals surface area contributed by atoms with E-state index in [0.717, 1.165) is 36.8 Å². The van der Waals surface area contributed by atoms with E-state index in [-0.39, 0.29) is 41.5 Å². The Bertz CT molecular complexity index is 1230. The van der Waals surface area contributed by atoms with E-state index in [1.807, 2.05) is 38.2 Å². The van der Waals surface area contributed by atoms with Crippen molar-refractivity contribution >= 4 is 15.9 Å². The number of nitrogens with zero attached hydrogens (tertiary/aromatic N) is 2. The molecule has 4 rings (SSSR count). The molecule has 0 unspecified atom stereocenters. The maximum atomic E-state index is 13.8. The Morgan fingerprint density at radius 1 is 1.16 bits per heavy atom. The molecule has 2 aliphatic rings. The molecule has 1 aliphatic heterocycles. The molecule has 0 bridgehead atoms. The molecule has 0 saturated heterocycles. The standard InChI is InChI=1S/C29H40N2O6S/c1-20-17-31(21(2)19-32)38(34,35)28-14-13-24(23-11-8-12-25(15-23)36-4)16-26(28)37-27(20)18-30(3)29(33)22-9-6-5-7-10-22/h8,11-16,20-22,27,32H,5-7,9-10,17-19H2,1-4H3/t20-,21+,27-/m0/s1. The molecule has 3 atom stereocenters. The summed E-state index contributed by atoms with van der Waals surface area (Å²) < 4.78 is 40.7. The van der Waals surface area contributed by atoms with Gasteiger partial charge < -0.3 is 19.5 Å². The van der Waals surface area contributed by atoms with Crippen LogP contribution >= 0.6 is 0 Å². The van der Waals surface area contributed by atoms with E-state index in [2.05, 4.69) is 0 Å². The van der Waals surface area contributed by atoms with Gasteiger partial charge in [0, 0.05) is 31.5 Å². The van der Waals surface area contributed by atoms with Crippen LogP contribution in [-0.2, 0) is 14.8 Å². The van der Waals surface area contributed by atoms with Crippen LogP contribution in [0, 0.1) is 11.8 Å². The topological polar surface area (TPSA) is 96.4 Å². The average Bonchev–Trinajstić information content (AvgIpc) is 2.94. The van der Waals surface area contributed by atoms with Crippen LogP contribution in [0.25, 0.3) is 11.1 Å². The van der Waals surface area contributed by atoms with Crippen LogP contribution in [0.4, 0.5) is 0 Å². The van der Waals surface area contributed by atoms with Crippen molar-refractivity contribution in [1.82, 2.24) is 9.21 Å². The van der Waals surface area contributed by atoms with Crippen molar-refractivity contribution in [3.05, 3.63) is 42.5 Å². The zero-order valence-corrected chi connectivity index (χ0v) is 23.6. The molecule has 2 aromatic rings. The van der Waals surface area contributed by atoms with Crippen molar-refractivity contribution in [1.29, 1.82) is 0 Å². The zero-order chi connectivity index (χ0) is 27.4. The number of benzene rings is 2.